The molecule has 1 aliphatic heterocycles. The summed E-state index contributed by atoms with van der Waals surface area (Å²) in [6.07, 6.45) is 1.89. The Morgan fingerprint density at radius 2 is 2.00 bits per heavy atom. The predicted octanol–water partition coefficient (Wildman–Crippen LogP) is 2.84. The fourth-order valence-electron chi connectivity index (χ4n) is 2.26. The number of hydrogen-bond donors (Lipinski definition) is 1. The molecule has 5 heteroatoms. The quantitative estimate of drug-likeness (QED) is 0.909. The lowest BCUT2D eigenvalue weighted by atomic mass is 9.98. The third-order valence-electron chi connectivity index (χ3n) is 3.17. The van der Waals surface area contributed by atoms with Gasteiger partial charge in [-0.1, -0.05) is 23.2 Å². The molecule has 1 aliphatic rings. The second-order valence-electron chi connectivity index (χ2n) is 4.60. The monoisotopic (exact) mass is 287 g/mol. The molecule has 18 heavy (non-hydrogen) atoms. The van der Waals surface area contributed by atoms with Crippen LogP contribution in [0.15, 0.2) is 18.2 Å². The fourth-order valence-corrected chi connectivity index (χ4v) is 2.78. The SMILES string of the molecule is O=C(c1cc(Cl)cc(Cl)c1)N1CCCC(CO)C1. The van der Waals surface area contributed by atoms with Crippen molar-refractivity contribution in [2.24, 2.45) is 5.92 Å². The highest BCUT2D eigenvalue weighted by Crippen LogP contribution is 2.22. The van der Waals surface area contributed by atoms with Gasteiger partial charge in [0.1, 0.15) is 0 Å². The Hall–Kier alpha value is -0.770. The summed E-state index contributed by atoms with van der Waals surface area (Å²) in [6, 6.07) is 4.85. The van der Waals surface area contributed by atoms with Gasteiger partial charge in [-0.3, -0.25) is 4.79 Å². The van der Waals surface area contributed by atoms with Crippen LogP contribution in [-0.4, -0.2) is 35.6 Å². The first-order valence-electron chi connectivity index (χ1n) is 5.96. The third-order valence-corrected chi connectivity index (χ3v) is 3.61. The summed E-state index contributed by atoms with van der Waals surface area (Å²) in [7, 11) is 0. The minimum absolute atomic E-state index is 0.0717. The van der Waals surface area contributed by atoms with E-state index in [1.54, 1.807) is 23.1 Å². The Bertz CT molecular complexity index is 430. The van der Waals surface area contributed by atoms with E-state index in [9.17, 15) is 4.79 Å². The van der Waals surface area contributed by atoms with Crippen molar-refractivity contribution in [3.05, 3.63) is 33.8 Å². The summed E-state index contributed by atoms with van der Waals surface area (Å²) in [6.45, 7) is 1.44. The van der Waals surface area contributed by atoms with E-state index in [0.29, 0.717) is 22.2 Å². The lowest BCUT2D eigenvalue weighted by Gasteiger charge is -2.32. The highest BCUT2D eigenvalue weighted by molar-refractivity contribution is 6.35. The highest BCUT2D eigenvalue weighted by atomic mass is 35.5. The molecule has 1 aromatic carbocycles. The van der Waals surface area contributed by atoms with Gasteiger partial charge in [0.2, 0.25) is 0 Å². The van der Waals surface area contributed by atoms with Crippen LogP contribution in [0.4, 0.5) is 0 Å². The average Bonchev–Trinajstić information content (AvgIpc) is 2.37. The number of carbonyl (C=O) groups excluding carboxylic acids is 1. The summed E-state index contributed by atoms with van der Waals surface area (Å²) in [4.78, 5) is 14.0. The van der Waals surface area contributed by atoms with Crippen LogP contribution in [0.1, 0.15) is 23.2 Å². The number of aliphatic hydroxyl groups excluding tert-OH is 1. The number of rotatable bonds is 2. The van der Waals surface area contributed by atoms with Crippen molar-refractivity contribution in [2.45, 2.75) is 12.8 Å². The summed E-state index contributed by atoms with van der Waals surface area (Å²) in [5.74, 6) is 0.106. The van der Waals surface area contributed by atoms with Crippen molar-refractivity contribution in [2.75, 3.05) is 19.7 Å². The van der Waals surface area contributed by atoms with Gasteiger partial charge < -0.3 is 10.0 Å². The maximum atomic E-state index is 12.3. The zero-order valence-electron chi connectivity index (χ0n) is 9.90. The molecule has 98 valence electrons. The number of carbonyl (C=O) groups is 1. The van der Waals surface area contributed by atoms with Crippen LogP contribution >= 0.6 is 23.2 Å². The second kappa shape index (κ2) is 5.91. The van der Waals surface area contributed by atoms with Gasteiger partial charge in [0.05, 0.1) is 0 Å². The van der Waals surface area contributed by atoms with Gasteiger partial charge in [-0.25, -0.2) is 0 Å². The van der Waals surface area contributed by atoms with E-state index in [-0.39, 0.29) is 18.4 Å². The molecule has 2 rings (SSSR count). The van der Waals surface area contributed by atoms with Crippen molar-refractivity contribution in [1.29, 1.82) is 0 Å². The van der Waals surface area contributed by atoms with Crippen molar-refractivity contribution < 1.29 is 9.90 Å². The Kier molecular flexibility index (Phi) is 4.49. The van der Waals surface area contributed by atoms with E-state index in [0.717, 1.165) is 19.4 Å². The molecule has 1 amide bonds. The van der Waals surface area contributed by atoms with Crippen LogP contribution in [0.25, 0.3) is 0 Å². The average molecular weight is 288 g/mol. The number of aliphatic hydroxyl groups is 1. The lowest BCUT2D eigenvalue weighted by molar-refractivity contribution is 0.0620. The standard InChI is InChI=1S/C13H15Cl2NO2/c14-11-4-10(5-12(15)6-11)13(18)16-3-1-2-9(7-16)8-17/h4-6,9,17H,1-3,7-8H2. The smallest absolute Gasteiger partial charge is 0.253 e. The summed E-state index contributed by atoms with van der Waals surface area (Å²) < 4.78 is 0. The van der Waals surface area contributed by atoms with E-state index in [2.05, 4.69) is 0 Å². The highest BCUT2D eigenvalue weighted by Gasteiger charge is 2.24. The maximum absolute atomic E-state index is 12.3. The predicted molar refractivity (Wildman–Crippen MR) is 72.2 cm³/mol. The van der Waals surface area contributed by atoms with Crippen molar-refractivity contribution in [3.8, 4) is 0 Å². The molecule has 0 saturated carbocycles. The first-order chi connectivity index (χ1) is 8.60. The summed E-state index contributed by atoms with van der Waals surface area (Å²) in [5.41, 5.74) is 0.506. The van der Waals surface area contributed by atoms with Gasteiger partial charge in [-0.15, -0.1) is 0 Å². The molecule has 1 N–H and O–H groups in total. The Labute approximate surface area is 116 Å². The van der Waals surface area contributed by atoms with E-state index in [1.165, 1.54) is 0 Å². The van der Waals surface area contributed by atoms with Crippen molar-refractivity contribution in [1.82, 2.24) is 4.90 Å². The number of piperidine rings is 1. The number of nitrogens with zero attached hydrogens (tertiary/aromatic N) is 1. The number of amides is 1. The molecule has 0 aliphatic carbocycles. The molecule has 1 fully saturated rings. The van der Waals surface area contributed by atoms with E-state index in [4.69, 9.17) is 28.3 Å². The van der Waals surface area contributed by atoms with Gasteiger partial charge >= 0.3 is 0 Å². The molecule has 1 heterocycles. The van der Waals surface area contributed by atoms with Gasteiger partial charge in [-0.05, 0) is 37.0 Å². The number of benzene rings is 1. The molecule has 0 bridgehead atoms. The molecule has 1 saturated heterocycles. The fraction of sp³-hybridized carbons (Fsp3) is 0.462. The largest absolute Gasteiger partial charge is 0.396 e. The molecule has 0 spiro atoms. The first kappa shape index (κ1) is 13.7. The summed E-state index contributed by atoms with van der Waals surface area (Å²) in [5, 5.41) is 10.1. The molecule has 1 atom stereocenters. The molecule has 1 aromatic rings. The number of likely N-dealkylation sites (tertiary alicyclic amines) is 1. The summed E-state index contributed by atoms with van der Waals surface area (Å²) >= 11 is 11.8. The number of halogens is 2. The molecular weight excluding hydrogens is 273 g/mol. The minimum atomic E-state index is -0.0717. The minimum Gasteiger partial charge on any atom is -0.396 e. The van der Waals surface area contributed by atoms with Crippen LogP contribution in [0.5, 0.6) is 0 Å². The molecule has 1 unspecified atom stereocenters. The van der Waals surface area contributed by atoms with E-state index in [1.807, 2.05) is 0 Å². The zero-order valence-corrected chi connectivity index (χ0v) is 11.4. The maximum Gasteiger partial charge on any atom is 0.253 e. The first-order valence-corrected chi connectivity index (χ1v) is 6.72. The van der Waals surface area contributed by atoms with Crippen LogP contribution in [0, 0.1) is 5.92 Å². The lowest BCUT2D eigenvalue weighted by Crippen LogP contribution is -2.40. The molecule has 0 radical (unpaired) electrons. The zero-order chi connectivity index (χ0) is 13.1. The number of hydrogen-bond acceptors (Lipinski definition) is 2. The van der Waals surface area contributed by atoms with E-state index < -0.39 is 0 Å². The third kappa shape index (κ3) is 3.16. The Morgan fingerprint density at radius 3 is 2.61 bits per heavy atom. The van der Waals surface area contributed by atoms with Crippen molar-refractivity contribution in [3.63, 3.8) is 0 Å². The Morgan fingerprint density at radius 1 is 1.33 bits per heavy atom. The molecular formula is C13H15Cl2NO2. The topological polar surface area (TPSA) is 40.5 Å². The van der Waals surface area contributed by atoms with Gasteiger partial charge in [0.15, 0.2) is 0 Å². The van der Waals surface area contributed by atoms with Gasteiger partial charge in [0.25, 0.3) is 5.91 Å². The second-order valence-corrected chi connectivity index (χ2v) is 5.47. The van der Waals surface area contributed by atoms with Crippen LogP contribution in [0.3, 0.4) is 0 Å². The molecule has 0 aromatic heterocycles. The van der Waals surface area contributed by atoms with Crippen LogP contribution in [-0.2, 0) is 0 Å². The van der Waals surface area contributed by atoms with Gasteiger partial charge in [-0.2, -0.15) is 0 Å². The van der Waals surface area contributed by atoms with Crippen LogP contribution < -0.4 is 0 Å². The van der Waals surface area contributed by atoms with Crippen LogP contribution in [0.2, 0.25) is 10.0 Å². The van der Waals surface area contributed by atoms with Gasteiger partial charge in [0, 0.05) is 35.3 Å². The van der Waals surface area contributed by atoms with Crippen molar-refractivity contribution >= 4 is 29.1 Å². The normalized spacial score (nSPS) is 19.9. The Balaban J connectivity index is 2.15. The molecule has 3 nitrogen and oxygen atoms in total. The van der Waals surface area contributed by atoms with E-state index >= 15 is 0 Å².